The molecule has 2 aliphatic rings. The Balaban J connectivity index is 1.82. The largest absolute Gasteiger partial charge is 0.396 e. The van der Waals surface area contributed by atoms with E-state index < -0.39 is 0 Å². The van der Waals surface area contributed by atoms with Gasteiger partial charge in [0.1, 0.15) is 0 Å². The first kappa shape index (κ1) is 11.4. The lowest BCUT2D eigenvalue weighted by Crippen LogP contribution is -3.17. The molecule has 0 spiro atoms. The Kier molecular flexibility index (Phi) is 4.04. The van der Waals surface area contributed by atoms with E-state index in [4.69, 9.17) is 0 Å². The minimum absolute atomic E-state index is 0.409. The van der Waals surface area contributed by atoms with Crippen molar-refractivity contribution in [2.24, 2.45) is 11.8 Å². The maximum atomic E-state index is 9.24. The predicted octanol–water partition coefficient (Wildman–Crippen LogP) is 0.852. The molecule has 2 nitrogen and oxygen atoms in total. The van der Waals surface area contributed by atoms with Crippen LogP contribution in [0.2, 0.25) is 0 Å². The van der Waals surface area contributed by atoms with Gasteiger partial charge < -0.3 is 10.0 Å². The molecule has 2 fully saturated rings. The number of piperidine rings is 1. The number of quaternary nitrogens is 1. The van der Waals surface area contributed by atoms with Crippen molar-refractivity contribution in [2.75, 3.05) is 19.7 Å². The van der Waals surface area contributed by atoms with Crippen molar-refractivity contribution in [1.82, 2.24) is 0 Å². The molecule has 1 saturated carbocycles. The molecule has 88 valence electrons. The SMILES string of the molecule is CC1CCC([NH+]2CCC[C@H](CO)C2)CC1. The average Bonchev–Trinajstić information content (AvgIpc) is 2.30. The number of hydrogen-bond acceptors (Lipinski definition) is 1. The molecule has 2 atom stereocenters. The molecule has 0 aromatic carbocycles. The van der Waals surface area contributed by atoms with Crippen molar-refractivity contribution in [3.8, 4) is 0 Å². The summed E-state index contributed by atoms with van der Waals surface area (Å²) in [5.41, 5.74) is 0. The molecule has 0 aromatic rings. The average molecular weight is 212 g/mol. The van der Waals surface area contributed by atoms with Crippen molar-refractivity contribution in [3.05, 3.63) is 0 Å². The van der Waals surface area contributed by atoms with Gasteiger partial charge in [-0.25, -0.2) is 0 Å². The molecule has 2 rings (SSSR count). The molecule has 1 unspecified atom stereocenters. The molecule has 1 heterocycles. The van der Waals surface area contributed by atoms with Crippen molar-refractivity contribution in [3.63, 3.8) is 0 Å². The van der Waals surface area contributed by atoms with E-state index in [2.05, 4.69) is 6.92 Å². The Hall–Kier alpha value is -0.0800. The minimum Gasteiger partial charge on any atom is -0.396 e. The summed E-state index contributed by atoms with van der Waals surface area (Å²) in [5, 5.41) is 9.24. The highest BCUT2D eigenvalue weighted by atomic mass is 16.3. The zero-order chi connectivity index (χ0) is 10.7. The zero-order valence-corrected chi connectivity index (χ0v) is 10.0. The lowest BCUT2D eigenvalue weighted by molar-refractivity contribution is -0.935. The first-order valence-corrected chi connectivity index (χ1v) is 6.75. The molecule has 1 aliphatic carbocycles. The van der Waals surface area contributed by atoms with E-state index in [1.807, 2.05) is 0 Å². The summed E-state index contributed by atoms with van der Waals surface area (Å²) in [6.07, 6.45) is 8.29. The normalized spacial score (nSPS) is 42.8. The fourth-order valence-corrected chi connectivity index (χ4v) is 3.39. The van der Waals surface area contributed by atoms with Crippen LogP contribution in [0.1, 0.15) is 45.4 Å². The number of rotatable bonds is 2. The van der Waals surface area contributed by atoms with Crippen molar-refractivity contribution in [1.29, 1.82) is 0 Å². The first-order chi connectivity index (χ1) is 7.29. The number of nitrogens with one attached hydrogen (secondary N) is 1. The van der Waals surface area contributed by atoms with Gasteiger partial charge in [0.05, 0.1) is 25.7 Å². The van der Waals surface area contributed by atoms with E-state index in [-0.39, 0.29) is 0 Å². The third kappa shape index (κ3) is 2.94. The van der Waals surface area contributed by atoms with Gasteiger partial charge in [0.25, 0.3) is 0 Å². The van der Waals surface area contributed by atoms with Gasteiger partial charge in [-0.15, -0.1) is 0 Å². The Morgan fingerprint density at radius 2 is 1.87 bits per heavy atom. The highest BCUT2D eigenvalue weighted by molar-refractivity contribution is 4.71. The van der Waals surface area contributed by atoms with Crippen LogP contribution < -0.4 is 4.90 Å². The van der Waals surface area contributed by atoms with E-state index in [1.54, 1.807) is 4.90 Å². The molecule has 15 heavy (non-hydrogen) atoms. The van der Waals surface area contributed by atoms with Crippen molar-refractivity contribution < 1.29 is 10.0 Å². The summed E-state index contributed by atoms with van der Waals surface area (Å²) in [7, 11) is 0. The first-order valence-electron chi connectivity index (χ1n) is 6.75. The molecule has 2 N–H and O–H groups in total. The standard InChI is InChI=1S/C13H25NO/c1-11-4-6-13(7-5-11)14-8-2-3-12(9-14)10-15/h11-13,15H,2-10H2,1H3/p+1/t11?,12-,13?/m0/s1. The Bertz CT molecular complexity index is 187. The van der Waals surface area contributed by atoms with Gasteiger partial charge in [0.15, 0.2) is 0 Å². The van der Waals surface area contributed by atoms with Gasteiger partial charge in [-0.3, -0.25) is 0 Å². The van der Waals surface area contributed by atoms with Crippen LogP contribution in [-0.4, -0.2) is 30.8 Å². The van der Waals surface area contributed by atoms with Crippen molar-refractivity contribution in [2.45, 2.75) is 51.5 Å². The monoisotopic (exact) mass is 212 g/mol. The number of hydrogen-bond donors (Lipinski definition) is 2. The Morgan fingerprint density at radius 3 is 2.53 bits per heavy atom. The Labute approximate surface area is 93.7 Å². The van der Waals surface area contributed by atoms with Crippen LogP contribution >= 0.6 is 0 Å². The van der Waals surface area contributed by atoms with Gasteiger partial charge in [-0.05, 0) is 44.4 Å². The van der Waals surface area contributed by atoms with E-state index in [1.165, 1.54) is 51.6 Å². The maximum absolute atomic E-state index is 9.24. The zero-order valence-electron chi connectivity index (χ0n) is 10.0. The Morgan fingerprint density at radius 1 is 1.13 bits per heavy atom. The molecular formula is C13H26NO+. The van der Waals surface area contributed by atoms with E-state index >= 15 is 0 Å². The van der Waals surface area contributed by atoms with E-state index in [9.17, 15) is 5.11 Å². The second kappa shape index (κ2) is 5.31. The fourth-order valence-electron chi connectivity index (χ4n) is 3.39. The van der Waals surface area contributed by atoms with Crippen LogP contribution in [0.3, 0.4) is 0 Å². The van der Waals surface area contributed by atoms with Crippen LogP contribution in [0.25, 0.3) is 0 Å². The van der Waals surface area contributed by atoms with Gasteiger partial charge in [0.2, 0.25) is 0 Å². The van der Waals surface area contributed by atoms with Crippen LogP contribution in [-0.2, 0) is 0 Å². The lowest BCUT2D eigenvalue weighted by Gasteiger charge is -2.37. The predicted molar refractivity (Wildman–Crippen MR) is 61.9 cm³/mol. The maximum Gasteiger partial charge on any atom is 0.0874 e. The topological polar surface area (TPSA) is 24.7 Å². The molecule has 1 saturated heterocycles. The summed E-state index contributed by atoms with van der Waals surface area (Å²) in [5.74, 6) is 1.55. The van der Waals surface area contributed by atoms with Crippen molar-refractivity contribution >= 4 is 0 Å². The molecule has 1 aliphatic heterocycles. The molecular weight excluding hydrogens is 186 g/mol. The van der Waals surface area contributed by atoms with Crippen LogP contribution in [0.5, 0.6) is 0 Å². The molecule has 0 bridgehead atoms. The van der Waals surface area contributed by atoms with E-state index in [0.717, 1.165) is 12.0 Å². The molecule has 0 amide bonds. The van der Waals surface area contributed by atoms with Gasteiger partial charge in [-0.2, -0.15) is 0 Å². The van der Waals surface area contributed by atoms with Crippen LogP contribution in [0.4, 0.5) is 0 Å². The summed E-state index contributed by atoms with van der Waals surface area (Å²) < 4.78 is 0. The number of likely N-dealkylation sites (tertiary alicyclic amines) is 1. The third-order valence-electron chi connectivity index (χ3n) is 4.51. The molecule has 0 radical (unpaired) electrons. The second-order valence-electron chi connectivity index (χ2n) is 5.76. The smallest absolute Gasteiger partial charge is 0.0874 e. The minimum atomic E-state index is 0.409. The number of aliphatic hydroxyl groups excluding tert-OH is 1. The third-order valence-corrected chi connectivity index (χ3v) is 4.51. The summed E-state index contributed by atoms with van der Waals surface area (Å²) in [6.45, 7) is 5.38. The van der Waals surface area contributed by atoms with Gasteiger partial charge in [-0.1, -0.05) is 6.92 Å². The summed E-state index contributed by atoms with van der Waals surface area (Å²) >= 11 is 0. The van der Waals surface area contributed by atoms with Gasteiger partial charge >= 0.3 is 0 Å². The lowest BCUT2D eigenvalue weighted by atomic mass is 9.85. The highest BCUT2D eigenvalue weighted by Gasteiger charge is 2.31. The van der Waals surface area contributed by atoms with Gasteiger partial charge in [0, 0.05) is 5.92 Å². The van der Waals surface area contributed by atoms with Crippen LogP contribution in [0, 0.1) is 11.8 Å². The number of aliphatic hydroxyl groups is 1. The summed E-state index contributed by atoms with van der Waals surface area (Å²) in [4.78, 5) is 1.80. The fraction of sp³-hybridized carbons (Fsp3) is 1.00. The molecule has 0 aromatic heterocycles. The van der Waals surface area contributed by atoms with E-state index in [0.29, 0.717) is 12.5 Å². The highest BCUT2D eigenvalue weighted by Crippen LogP contribution is 2.22. The quantitative estimate of drug-likeness (QED) is 0.697. The summed E-state index contributed by atoms with van der Waals surface area (Å²) in [6, 6.07) is 0.913. The van der Waals surface area contributed by atoms with Crippen LogP contribution in [0.15, 0.2) is 0 Å². The molecule has 2 heteroatoms. The second-order valence-corrected chi connectivity index (χ2v) is 5.76.